The Labute approximate surface area is 119 Å². The van der Waals surface area contributed by atoms with Crippen molar-refractivity contribution in [1.82, 2.24) is 10.2 Å². The van der Waals surface area contributed by atoms with Gasteiger partial charge in [0.1, 0.15) is 0 Å². The van der Waals surface area contributed by atoms with E-state index in [-0.39, 0.29) is 0 Å². The van der Waals surface area contributed by atoms with Crippen LogP contribution in [0.25, 0.3) is 0 Å². The Hall–Kier alpha value is -0.380. The molecule has 1 unspecified atom stereocenters. The molecule has 1 aliphatic rings. The number of hydrogen-bond donors (Lipinski definition) is 1. The summed E-state index contributed by atoms with van der Waals surface area (Å²) in [4.78, 5) is 2.55. The maximum Gasteiger partial charge on any atom is 0.0234 e. The molecule has 1 N–H and O–H groups in total. The summed E-state index contributed by atoms with van der Waals surface area (Å²) in [7, 11) is 0. The number of nitrogens with zero attached hydrogens (tertiary/aromatic N) is 1. The Balaban J connectivity index is 1.88. The van der Waals surface area contributed by atoms with Crippen molar-refractivity contribution in [3.8, 4) is 0 Å². The number of piperidine rings is 1. The van der Waals surface area contributed by atoms with E-state index in [9.17, 15) is 0 Å². The maximum atomic E-state index is 3.54. The van der Waals surface area contributed by atoms with Crippen LogP contribution in [0.15, 0.2) is 28.7 Å². The molecular formula is C15H23BrN2. The van der Waals surface area contributed by atoms with E-state index in [0.29, 0.717) is 0 Å². The second-order valence-electron chi connectivity index (χ2n) is 5.17. The molecule has 0 aromatic heterocycles. The van der Waals surface area contributed by atoms with Gasteiger partial charge >= 0.3 is 0 Å². The molecule has 1 atom stereocenters. The molecule has 18 heavy (non-hydrogen) atoms. The fourth-order valence-electron chi connectivity index (χ4n) is 2.64. The summed E-state index contributed by atoms with van der Waals surface area (Å²) >= 11 is 3.54. The number of halogens is 1. The first-order valence-electron chi connectivity index (χ1n) is 6.95. The van der Waals surface area contributed by atoms with Crippen LogP contribution in [0.4, 0.5) is 0 Å². The second-order valence-corrected chi connectivity index (χ2v) is 6.09. The van der Waals surface area contributed by atoms with Crippen LogP contribution in [-0.4, -0.2) is 31.1 Å². The number of hydrogen-bond acceptors (Lipinski definition) is 2. The first kappa shape index (κ1) is 14.0. The molecule has 1 aromatic carbocycles. The van der Waals surface area contributed by atoms with E-state index in [4.69, 9.17) is 0 Å². The summed E-state index contributed by atoms with van der Waals surface area (Å²) in [6, 6.07) is 8.65. The Bertz CT molecular complexity index is 361. The standard InChI is InChI=1S/C15H23BrN2/c1-2-18(12-14-6-4-8-17-10-14)11-13-5-3-7-15(16)9-13/h3,5,7,9,14,17H,2,4,6,8,10-12H2,1H3. The van der Waals surface area contributed by atoms with Crippen LogP contribution in [-0.2, 0) is 6.54 Å². The summed E-state index contributed by atoms with van der Waals surface area (Å²) in [5.74, 6) is 0.825. The third-order valence-corrected chi connectivity index (χ3v) is 4.15. The molecule has 0 saturated carbocycles. The molecule has 0 aliphatic carbocycles. The van der Waals surface area contributed by atoms with Crippen molar-refractivity contribution in [2.24, 2.45) is 5.92 Å². The molecule has 100 valence electrons. The van der Waals surface area contributed by atoms with E-state index in [1.807, 2.05) is 0 Å². The minimum absolute atomic E-state index is 0.825. The Morgan fingerprint density at radius 2 is 2.33 bits per heavy atom. The smallest absolute Gasteiger partial charge is 0.0234 e. The average Bonchev–Trinajstić information content (AvgIpc) is 2.39. The summed E-state index contributed by atoms with van der Waals surface area (Å²) in [5.41, 5.74) is 1.40. The van der Waals surface area contributed by atoms with Crippen molar-refractivity contribution in [3.63, 3.8) is 0 Å². The summed E-state index contributed by atoms with van der Waals surface area (Å²) in [6.07, 6.45) is 2.71. The zero-order chi connectivity index (χ0) is 12.8. The molecule has 2 nitrogen and oxygen atoms in total. The molecule has 1 saturated heterocycles. The van der Waals surface area contributed by atoms with Crippen LogP contribution >= 0.6 is 15.9 Å². The molecule has 1 aromatic rings. The Morgan fingerprint density at radius 1 is 1.44 bits per heavy atom. The summed E-state index contributed by atoms with van der Waals surface area (Å²) < 4.78 is 1.18. The van der Waals surface area contributed by atoms with Gasteiger partial charge in [0.05, 0.1) is 0 Å². The third kappa shape index (κ3) is 4.38. The molecule has 0 spiro atoms. The minimum Gasteiger partial charge on any atom is -0.316 e. The van der Waals surface area contributed by atoms with E-state index in [0.717, 1.165) is 19.0 Å². The molecule has 2 rings (SSSR count). The first-order valence-corrected chi connectivity index (χ1v) is 7.74. The van der Waals surface area contributed by atoms with Crippen LogP contribution in [0.3, 0.4) is 0 Å². The fourth-order valence-corrected chi connectivity index (χ4v) is 3.09. The quantitative estimate of drug-likeness (QED) is 0.898. The highest BCUT2D eigenvalue weighted by atomic mass is 79.9. The van der Waals surface area contributed by atoms with Crippen LogP contribution in [0.1, 0.15) is 25.3 Å². The molecule has 1 heterocycles. The predicted molar refractivity (Wildman–Crippen MR) is 80.7 cm³/mol. The highest BCUT2D eigenvalue weighted by molar-refractivity contribution is 9.10. The van der Waals surface area contributed by atoms with Crippen LogP contribution in [0.2, 0.25) is 0 Å². The molecule has 1 aliphatic heterocycles. The molecule has 0 radical (unpaired) electrons. The highest BCUT2D eigenvalue weighted by Crippen LogP contribution is 2.16. The molecule has 1 fully saturated rings. The van der Waals surface area contributed by atoms with Crippen LogP contribution < -0.4 is 5.32 Å². The third-order valence-electron chi connectivity index (χ3n) is 3.66. The normalized spacial score (nSPS) is 20.3. The largest absolute Gasteiger partial charge is 0.316 e. The predicted octanol–water partition coefficient (Wildman–Crippen LogP) is 3.27. The van der Waals surface area contributed by atoms with Gasteiger partial charge in [0.25, 0.3) is 0 Å². The topological polar surface area (TPSA) is 15.3 Å². The van der Waals surface area contributed by atoms with Gasteiger partial charge in [-0.15, -0.1) is 0 Å². The van der Waals surface area contributed by atoms with E-state index in [2.05, 4.69) is 57.3 Å². The zero-order valence-electron chi connectivity index (χ0n) is 11.2. The number of rotatable bonds is 5. The van der Waals surface area contributed by atoms with Gasteiger partial charge < -0.3 is 5.32 Å². The number of nitrogens with one attached hydrogen (secondary N) is 1. The van der Waals surface area contributed by atoms with Gasteiger partial charge in [-0.3, -0.25) is 4.90 Å². The molecule has 0 bridgehead atoms. The molecular weight excluding hydrogens is 288 g/mol. The Kier molecular flexibility index (Phi) is 5.67. The minimum atomic E-state index is 0.825. The van der Waals surface area contributed by atoms with Gasteiger partial charge in [0.2, 0.25) is 0 Å². The van der Waals surface area contributed by atoms with E-state index in [1.54, 1.807) is 0 Å². The Morgan fingerprint density at radius 3 is 3.00 bits per heavy atom. The van der Waals surface area contributed by atoms with Gasteiger partial charge in [-0.25, -0.2) is 0 Å². The van der Waals surface area contributed by atoms with Crippen molar-refractivity contribution >= 4 is 15.9 Å². The van der Waals surface area contributed by atoms with Gasteiger partial charge in [-0.2, -0.15) is 0 Å². The highest BCUT2D eigenvalue weighted by Gasteiger charge is 2.16. The summed E-state index contributed by atoms with van der Waals surface area (Å²) in [5, 5.41) is 3.50. The van der Waals surface area contributed by atoms with E-state index in [1.165, 1.54) is 42.5 Å². The lowest BCUT2D eigenvalue weighted by Crippen LogP contribution is -2.38. The monoisotopic (exact) mass is 310 g/mol. The average molecular weight is 311 g/mol. The summed E-state index contributed by atoms with van der Waals surface area (Å²) in [6.45, 7) is 8.06. The lowest BCUT2D eigenvalue weighted by molar-refractivity contribution is 0.209. The zero-order valence-corrected chi connectivity index (χ0v) is 12.7. The van der Waals surface area contributed by atoms with Crippen molar-refractivity contribution in [1.29, 1.82) is 0 Å². The van der Waals surface area contributed by atoms with Crippen molar-refractivity contribution in [3.05, 3.63) is 34.3 Å². The van der Waals surface area contributed by atoms with Crippen LogP contribution in [0.5, 0.6) is 0 Å². The fraction of sp³-hybridized carbons (Fsp3) is 0.600. The van der Waals surface area contributed by atoms with Crippen molar-refractivity contribution in [2.75, 3.05) is 26.2 Å². The van der Waals surface area contributed by atoms with Gasteiger partial charge in [-0.05, 0) is 56.1 Å². The van der Waals surface area contributed by atoms with Gasteiger partial charge in [0.15, 0.2) is 0 Å². The van der Waals surface area contributed by atoms with E-state index < -0.39 is 0 Å². The van der Waals surface area contributed by atoms with Crippen LogP contribution in [0, 0.1) is 5.92 Å². The van der Waals surface area contributed by atoms with Gasteiger partial charge in [-0.1, -0.05) is 35.0 Å². The first-order chi connectivity index (χ1) is 8.78. The number of benzene rings is 1. The molecule has 3 heteroatoms. The van der Waals surface area contributed by atoms with E-state index >= 15 is 0 Å². The molecule has 0 amide bonds. The van der Waals surface area contributed by atoms with Crippen molar-refractivity contribution in [2.45, 2.75) is 26.3 Å². The lowest BCUT2D eigenvalue weighted by atomic mass is 9.99. The second kappa shape index (κ2) is 7.27. The maximum absolute atomic E-state index is 3.54. The lowest BCUT2D eigenvalue weighted by Gasteiger charge is -2.29. The van der Waals surface area contributed by atoms with Gasteiger partial charge in [0, 0.05) is 17.6 Å². The SMILES string of the molecule is CCN(Cc1cccc(Br)c1)CC1CCCNC1. The van der Waals surface area contributed by atoms with Crippen molar-refractivity contribution < 1.29 is 0 Å².